The smallest absolute Gasteiger partial charge is 0.329 e. The molecule has 0 radical (unpaired) electrons. The zero-order valence-electron chi connectivity index (χ0n) is 21.1. The van der Waals surface area contributed by atoms with Crippen molar-refractivity contribution in [2.45, 2.75) is 83.2 Å². The maximum atomic E-state index is 13.6. The Labute approximate surface area is 216 Å². The molecule has 35 heavy (non-hydrogen) atoms. The third-order valence-electron chi connectivity index (χ3n) is 7.73. The fourth-order valence-corrected chi connectivity index (χ4v) is 5.95. The maximum Gasteiger partial charge on any atom is 0.329 e. The number of imidazole rings is 1. The molecule has 0 bridgehead atoms. The van der Waals surface area contributed by atoms with E-state index in [0.29, 0.717) is 13.2 Å². The minimum Gasteiger partial charge on any atom is -0.415 e. The van der Waals surface area contributed by atoms with Crippen LogP contribution < -0.4 is 11.2 Å². The first-order valence-electron chi connectivity index (χ1n) is 12.2. The van der Waals surface area contributed by atoms with Crippen LogP contribution in [0.2, 0.25) is 28.2 Å². The van der Waals surface area contributed by atoms with Gasteiger partial charge in [0.1, 0.15) is 5.02 Å². The largest absolute Gasteiger partial charge is 0.415 e. The van der Waals surface area contributed by atoms with E-state index >= 15 is 0 Å². The maximum absolute atomic E-state index is 13.6. The SMILES string of the molecule is CC(C)(C)[Si](C)(C)OCCn1c(=O)n([C@H]2CC[C@H](n3ncc(Cl)c(Cl)c3=O)CC2)c2ccccc21. The lowest BCUT2D eigenvalue weighted by Gasteiger charge is -2.36. The van der Waals surface area contributed by atoms with Crippen LogP contribution in [0.3, 0.4) is 0 Å². The number of nitrogens with zero attached hydrogens (tertiary/aromatic N) is 4. The molecule has 2 heterocycles. The van der Waals surface area contributed by atoms with Crippen LogP contribution >= 0.6 is 23.2 Å². The second kappa shape index (κ2) is 9.88. The molecular formula is C25H34Cl2N4O3Si. The minimum absolute atomic E-state index is 0.00156. The average molecular weight is 538 g/mol. The Morgan fingerprint density at radius 1 is 1.03 bits per heavy atom. The second-order valence-electron chi connectivity index (χ2n) is 10.9. The first-order chi connectivity index (χ1) is 16.4. The molecule has 1 fully saturated rings. The Bertz CT molecular complexity index is 1330. The van der Waals surface area contributed by atoms with Crippen molar-refractivity contribution in [1.29, 1.82) is 0 Å². The number of fused-ring (bicyclic) bond motifs is 1. The van der Waals surface area contributed by atoms with Crippen molar-refractivity contribution in [2.24, 2.45) is 0 Å². The van der Waals surface area contributed by atoms with Gasteiger partial charge in [0.25, 0.3) is 5.56 Å². The number of hydrogen-bond acceptors (Lipinski definition) is 4. The van der Waals surface area contributed by atoms with Crippen molar-refractivity contribution in [3.8, 4) is 0 Å². The van der Waals surface area contributed by atoms with Crippen LogP contribution in [0.15, 0.2) is 40.1 Å². The molecule has 10 heteroatoms. The van der Waals surface area contributed by atoms with Gasteiger partial charge >= 0.3 is 5.69 Å². The predicted molar refractivity (Wildman–Crippen MR) is 144 cm³/mol. The average Bonchev–Trinajstić information content (AvgIpc) is 3.08. The summed E-state index contributed by atoms with van der Waals surface area (Å²) in [4.78, 5) is 26.1. The summed E-state index contributed by atoms with van der Waals surface area (Å²) in [5.41, 5.74) is 1.51. The second-order valence-corrected chi connectivity index (χ2v) is 16.5. The van der Waals surface area contributed by atoms with E-state index < -0.39 is 8.32 Å². The van der Waals surface area contributed by atoms with E-state index in [2.05, 4.69) is 39.0 Å². The zero-order chi connectivity index (χ0) is 25.5. The van der Waals surface area contributed by atoms with E-state index in [0.717, 1.165) is 36.7 Å². The Balaban J connectivity index is 1.55. The molecule has 1 aromatic carbocycles. The third-order valence-corrected chi connectivity index (χ3v) is 13.0. The summed E-state index contributed by atoms with van der Waals surface area (Å²) >= 11 is 12.0. The van der Waals surface area contributed by atoms with Crippen LogP contribution in [0, 0.1) is 0 Å². The standard InChI is InChI=1S/C25H34Cl2N4O3Si/c1-25(2,3)35(4,5)34-15-14-29-20-8-6-7-9-21(20)30(24(29)33)17-10-12-18(13-11-17)31-23(32)22(27)19(26)16-28-31/h6-9,16-18H,10-15H2,1-5H3/t17-,18-. The van der Waals surface area contributed by atoms with Gasteiger partial charge in [-0.1, -0.05) is 56.1 Å². The van der Waals surface area contributed by atoms with Gasteiger partial charge in [0.05, 0.1) is 34.9 Å². The summed E-state index contributed by atoms with van der Waals surface area (Å²) in [6.07, 6.45) is 4.42. The minimum atomic E-state index is -1.89. The topological polar surface area (TPSA) is 71.0 Å². The molecule has 7 nitrogen and oxygen atoms in total. The van der Waals surface area contributed by atoms with Gasteiger partial charge in [0.2, 0.25) is 0 Å². The highest BCUT2D eigenvalue weighted by Crippen LogP contribution is 2.37. The molecule has 0 N–H and O–H groups in total. The van der Waals surface area contributed by atoms with Gasteiger partial charge in [-0.2, -0.15) is 5.10 Å². The number of aromatic nitrogens is 4. The van der Waals surface area contributed by atoms with Crippen molar-refractivity contribution in [2.75, 3.05) is 6.61 Å². The summed E-state index contributed by atoms with van der Waals surface area (Å²) < 4.78 is 11.6. The van der Waals surface area contributed by atoms with Crippen LogP contribution in [0.25, 0.3) is 11.0 Å². The van der Waals surface area contributed by atoms with Crippen molar-refractivity contribution in [3.63, 3.8) is 0 Å². The highest BCUT2D eigenvalue weighted by atomic mass is 35.5. The molecule has 1 saturated carbocycles. The van der Waals surface area contributed by atoms with Crippen molar-refractivity contribution in [3.05, 3.63) is 61.3 Å². The van der Waals surface area contributed by atoms with Crippen molar-refractivity contribution < 1.29 is 4.43 Å². The summed E-state index contributed by atoms with van der Waals surface area (Å²) in [6, 6.07) is 7.96. The molecule has 4 rings (SSSR count). The number of halogens is 2. The number of hydrogen-bond donors (Lipinski definition) is 0. The van der Waals surface area contributed by atoms with Crippen LogP contribution in [-0.2, 0) is 11.0 Å². The molecule has 3 aromatic rings. The summed E-state index contributed by atoms with van der Waals surface area (Å²) in [5, 5.41) is 4.50. The van der Waals surface area contributed by atoms with E-state index in [9.17, 15) is 9.59 Å². The van der Waals surface area contributed by atoms with Crippen molar-refractivity contribution in [1.82, 2.24) is 18.9 Å². The molecule has 0 spiro atoms. The first-order valence-corrected chi connectivity index (χ1v) is 15.9. The zero-order valence-corrected chi connectivity index (χ0v) is 23.6. The normalized spacial score (nSPS) is 19.4. The molecule has 0 amide bonds. The van der Waals surface area contributed by atoms with Gasteiger partial charge in [-0.05, 0) is 55.9 Å². The monoisotopic (exact) mass is 536 g/mol. The van der Waals surface area contributed by atoms with Gasteiger partial charge in [0, 0.05) is 12.6 Å². The molecule has 0 unspecified atom stereocenters. The number of benzene rings is 1. The lowest BCUT2D eigenvalue weighted by molar-refractivity contribution is 0.250. The molecule has 2 aromatic heterocycles. The van der Waals surface area contributed by atoms with Gasteiger partial charge in [-0.15, -0.1) is 0 Å². The van der Waals surface area contributed by atoms with Gasteiger partial charge < -0.3 is 4.43 Å². The number of para-hydroxylation sites is 2. The van der Waals surface area contributed by atoms with Crippen LogP contribution in [0.5, 0.6) is 0 Å². The molecule has 0 atom stereocenters. The van der Waals surface area contributed by atoms with E-state index in [-0.39, 0.29) is 38.4 Å². The Kier molecular flexibility index (Phi) is 7.40. The van der Waals surface area contributed by atoms with E-state index in [1.807, 2.05) is 33.4 Å². The van der Waals surface area contributed by atoms with Crippen LogP contribution in [0.4, 0.5) is 0 Å². The Hall–Kier alpha value is -1.87. The molecule has 1 aliphatic carbocycles. The molecule has 190 valence electrons. The van der Waals surface area contributed by atoms with E-state index in [4.69, 9.17) is 27.6 Å². The highest BCUT2D eigenvalue weighted by Gasteiger charge is 2.37. The lowest BCUT2D eigenvalue weighted by Crippen LogP contribution is -2.42. The number of rotatable bonds is 6. The summed E-state index contributed by atoms with van der Waals surface area (Å²) in [6.45, 7) is 12.1. The van der Waals surface area contributed by atoms with Crippen LogP contribution in [-0.4, -0.2) is 33.8 Å². The van der Waals surface area contributed by atoms with Crippen molar-refractivity contribution >= 4 is 42.6 Å². The van der Waals surface area contributed by atoms with Gasteiger partial charge in [-0.3, -0.25) is 13.9 Å². The summed E-state index contributed by atoms with van der Waals surface area (Å²) in [5.74, 6) is 0. The quantitative estimate of drug-likeness (QED) is 0.359. The molecule has 1 aliphatic rings. The molecule has 0 aliphatic heterocycles. The fourth-order valence-electron chi connectivity index (χ4n) is 4.66. The summed E-state index contributed by atoms with van der Waals surface area (Å²) in [7, 11) is -1.89. The lowest BCUT2D eigenvalue weighted by atomic mass is 9.91. The van der Waals surface area contributed by atoms with Crippen LogP contribution in [0.1, 0.15) is 58.5 Å². The molecular weight excluding hydrogens is 503 g/mol. The van der Waals surface area contributed by atoms with Gasteiger partial charge in [0.15, 0.2) is 8.32 Å². The third kappa shape index (κ3) is 5.03. The highest BCUT2D eigenvalue weighted by molar-refractivity contribution is 6.74. The van der Waals surface area contributed by atoms with Gasteiger partial charge in [-0.25, -0.2) is 9.48 Å². The van der Waals surface area contributed by atoms with E-state index in [1.54, 1.807) is 0 Å². The predicted octanol–water partition coefficient (Wildman–Crippen LogP) is 6.04. The Morgan fingerprint density at radius 2 is 1.63 bits per heavy atom. The van der Waals surface area contributed by atoms with E-state index in [1.165, 1.54) is 10.9 Å². The first kappa shape index (κ1) is 26.2. The molecule has 0 saturated heterocycles. The fraction of sp³-hybridized carbons (Fsp3) is 0.560. The Morgan fingerprint density at radius 3 is 2.26 bits per heavy atom.